The Labute approximate surface area is 201 Å². The monoisotopic (exact) mass is 478 g/mol. The molecule has 1 N–H and O–H groups in total. The highest BCUT2D eigenvalue weighted by molar-refractivity contribution is 7.92. The Morgan fingerprint density at radius 1 is 1.00 bits per heavy atom. The molecule has 6 nitrogen and oxygen atoms in total. The summed E-state index contributed by atoms with van der Waals surface area (Å²) in [5, 5.41) is 2.96. The number of benzene rings is 3. The van der Waals surface area contributed by atoms with E-state index in [1.807, 2.05) is 49.4 Å². The number of hydrogen-bond acceptors (Lipinski definition) is 4. The van der Waals surface area contributed by atoms with Gasteiger partial charge in [-0.3, -0.25) is 9.10 Å². The molecule has 0 aromatic heterocycles. The van der Waals surface area contributed by atoms with Crippen LogP contribution in [-0.2, 0) is 20.2 Å². The van der Waals surface area contributed by atoms with E-state index in [2.05, 4.69) is 26.1 Å². The van der Waals surface area contributed by atoms with Crippen LogP contribution in [-0.4, -0.2) is 27.0 Å². The van der Waals surface area contributed by atoms with Crippen LogP contribution in [0.3, 0.4) is 0 Å². The van der Waals surface area contributed by atoms with Crippen molar-refractivity contribution in [1.82, 2.24) is 5.32 Å². The maximum absolute atomic E-state index is 13.7. The fraction of sp³-hybridized carbons (Fsp3) is 0.296. The van der Waals surface area contributed by atoms with Crippen LogP contribution < -0.4 is 14.4 Å². The number of ether oxygens (including phenoxy) is 1. The molecule has 7 heteroatoms. The highest BCUT2D eigenvalue weighted by Gasteiger charge is 2.38. The highest BCUT2D eigenvalue weighted by Crippen LogP contribution is 2.40. The lowest BCUT2D eigenvalue weighted by atomic mass is 9.86. The highest BCUT2D eigenvalue weighted by atomic mass is 32.2. The molecule has 3 aromatic rings. The standard InChI is InChI=1S/C27H30N2O4S/c1-19(20-11-7-5-8-12-20)28-26(30)25-18-29(34(31,32)22-13-9-6-10-14-22)23-17-21(27(2,3)4)15-16-24(23)33-25/h5-17,19,25H,18H2,1-4H3,(H,28,30)/t19-,25+/m0/s1. The lowest BCUT2D eigenvalue weighted by Gasteiger charge is -2.36. The van der Waals surface area contributed by atoms with Crippen molar-refractivity contribution in [1.29, 1.82) is 0 Å². The largest absolute Gasteiger partial charge is 0.476 e. The number of anilines is 1. The van der Waals surface area contributed by atoms with Gasteiger partial charge in [0.25, 0.3) is 15.9 Å². The molecule has 0 saturated heterocycles. The van der Waals surface area contributed by atoms with Gasteiger partial charge in [-0.1, -0.05) is 75.4 Å². The fourth-order valence-electron chi connectivity index (χ4n) is 3.93. The molecule has 0 radical (unpaired) electrons. The summed E-state index contributed by atoms with van der Waals surface area (Å²) in [6.45, 7) is 7.96. The van der Waals surface area contributed by atoms with Crippen molar-refractivity contribution in [2.75, 3.05) is 10.8 Å². The topological polar surface area (TPSA) is 75.7 Å². The Bertz CT molecular complexity index is 1270. The van der Waals surface area contributed by atoms with E-state index in [0.717, 1.165) is 11.1 Å². The van der Waals surface area contributed by atoms with Gasteiger partial charge in [0.2, 0.25) is 0 Å². The summed E-state index contributed by atoms with van der Waals surface area (Å²) in [7, 11) is -3.91. The number of rotatable bonds is 5. The molecular weight excluding hydrogens is 448 g/mol. The van der Waals surface area contributed by atoms with Crippen LogP contribution in [0.15, 0.2) is 83.8 Å². The number of carbonyl (C=O) groups is 1. The Morgan fingerprint density at radius 3 is 2.24 bits per heavy atom. The van der Waals surface area contributed by atoms with Crippen molar-refractivity contribution in [2.24, 2.45) is 0 Å². The molecular formula is C27H30N2O4S. The van der Waals surface area contributed by atoms with Gasteiger partial charge in [0.1, 0.15) is 5.75 Å². The van der Waals surface area contributed by atoms with Crippen molar-refractivity contribution in [3.8, 4) is 5.75 Å². The summed E-state index contributed by atoms with van der Waals surface area (Å²) < 4.78 is 34.7. The zero-order chi connectivity index (χ0) is 24.5. The van der Waals surface area contributed by atoms with Crippen LogP contribution in [0.2, 0.25) is 0 Å². The van der Waals surface area contributed by atoms with Crippen LogP contribution >= 0.6 is 0 Å². The van der Waals surface area contributed by atoms with Gasteiger partial charge in [0, 0.05) is 0 Å². The minimum absolute atomic E-state index is 0.120. The first-order valence-electron chi connectivity index (χ1n) is 11.3. The van der Waals surface area contributed by atoms with E-state index in [9.17, 15) is 13.2 Å². The fourth-order valence-corrected chi connectivity index (χ4v) is 5.42. The predicted molar refractivity (Wildman–Crippen MR) is 134 cm³/mol. The molecule has 0 spiro atoms. The molecule has 4 rings (SSSR count). The number of nitrogens with zero attached hydrogens (tertiary/aromatic N) is 1. The summed E-state index contributed by atoms with van der Waals surface area (Å²) in [5.74, 6) is 0.00133. The van der Waals surface area contributed by atoms with E-state index in [4.69, 9.17) is 4.74 Å². The second-order valence-electron chi connectivity index (χ2n) is 9.53. The Balaban J connectivity index is 1.70. The summed E-state index contributed by atoms with van der Waals surface area (Å²) >= 11 is 0. The molecule has 0 unspecified atom stereocenters. The molecule has 178 valence electrons. The van der Waals surface area contributed by atoms with Crippen molar-refractivity contribution in [2.45, 2.75) is 50.2 Å². The minimum atomic E-state index is -3.91. The van der Waals surface area contributed by atoms with Gasteiger partial charge in [-0.25, -0.2) is 8.42 Å². The molecule has 1 aliphatic heterocycles. The van der Waals surface area contributed by atoms with Gasteiger partial charge in [-0.15, -0.1) is 0 Å². The SMILES string of the molecule is C[C@H](NC(=O)[C@H]1CN(S(=O)(=O)c2ccccc2)c2cc(C(C)(C)C)ccc2O1)c1ccccc1. The quantitative estimate of drug-likeness (QED) is 0.571. The number of hydrogen-bond donors (Lipinski definition) is 1. The van der Waals surface area contributed by atoms with Crippen LogP contribution in [0.5, 0.6) is 5.75 Å². The maximum Gasteiger partial charge on any atom is 0.264 e. The average molecular weight is 479 g/mol. The van der Waals surface area contributed by atoms with Gasteiger partial charge in [-0.2, -0.15) is 0 Å². The second-order valence-corrected chi connectivity index (χ2v) is 11.4. The van der Waals surface area contributed by atoms with E-state index in [1.165, 1.54) is 4.31 Å². The lowest BCUT2D eigenvalue weighted by molar-refractivity contribution is -0.128. The normalized spacial score (nSPS) is 16.8. The summed E-state index contributed by atoms with van der Waals surface area (Å²) in [6.07, 6.45) is -0.988. The van der Waals surface area contributed by atoms with E-state index < -0.39 is 16.1 Å². The molecule has 0 saturated carbocycles. The van der Waals surface area contributed by atoms with Gasteiger partial charge >= 0.3 is 0 Å². The van der Waals surface area contributed by atoms with Crippen LogP contribution in [0.25, 0.3) is 0 Å². The van der Waals surface area contributed by atoms with Crippen molar-refractivity contribution in [3.63, 3.8) is 0 Å². The Hall–Kier alpha value is -3.32. The third kappa shape index (κ3) is 4.80. The smallest absolute Gasteiger partial charge is 0.264 e. The molecule has 0 bridgehead atoms. The van der Waals surface area contributed by atoms with Crippen LogP contribution in [0, 0.1) is 0 Å². The molecule has 1 amide bonds. The number of fused-ring (bicyclic) bond motifs is 1. The molecule has 3 aromatic carbocycles. The summed E-state index contributed by atoms with van der Waals surface area (Å²) in [6, 6.07) is 23.1. The van der Waals surface area contributed by atoms with E-state index >= 15 is 0 Å². The van der Waals surface area contributed by atoms with E-state index in [-0.39, 0.29) is 28.8 Å². The average Bonchev–Trinajstić information content (AvgIpc) is 2.83. The Kier molecular flexibility index (Phi) is 6.41. The van der Waals surface area contributed by atoms with Gasteiger partial charge in [0.15, 0.2) is 6.10 Å². The first kappa shape index (κ1) is 23.8. The first-order valence-corrected chi connectivity index (χ1v) is 12.8. The number of amides is 1. The maximum atomic E-state index is 13.7. The second kappa shape index (κ2) is 9.14. The number of sulfonamides is 1. The lowest BCUT2D eigenvalue weighted by Crippen LogP contribution is -2.51. The predicted octanol–water partition coefficient (Wildman–Crippen LogP) is 4.82. The Morgan fingerprint density at radius 2 is 1.62 bits per heavy atom. The molecule has 0 aliphatic carbocycles. The van der Waals surface area contributed by atoms with Crippen LogP contribution in [0.4, 0.5) is 5.69 Å². The van der Waals surface area contributed by atoms with Crippen LogP contribution in [0.1, 0.15) is 44.9 Å². The number of carbonyl (C=O) groups excluding carboxylic acids is 1. The molecule has 1 heterocycles. The molecule has 0 fully saturated rings. The third-order valence-corrected chi connectivity index (χ3v) is 7.77. The van der Waals surface area contributed by atoms with Crippen molar-refractivity contribution < 1.29 is 17.9 Å². The minimum Gasteiger partial charge on any atom is -0.476 e. The molecule has 1 aliphatic rings. The third-order valence-electron chi connectivity index (χ3n) is 5.98. The molecule has 34 heavy (non-hydrogen) atoms. The zero-order valence-corrected chi connectivity index (χ0v) is 20.7. The summed E-state index contributed by atoms with van der Waals surface area (Å²) in [4.78, 5) is 13.3. The summed E-state index contributed by atoms with van der Waals surface area (Å²) in [5.41, 5.74) is 2.19. The molecule has 2 atom stereocenters. The zero-order valence-electron chi connectivity index (χ0n) is 19.9. The van der Waals surface area contributed by atoms with E-state index in [0.29, 0.717) is 11.4 Å². The van der Waals surface area contributed by atoms with Crippen molar-refractivity contribution >= 4 is 21.6 Å². The van der Waals surface area contributed by atoms with Crippen molar-refractivity contribution in [3.05, 3.63) is 90.0 Å². The van der Waals surface area contributed by atoms with Gasteiger partial charge in [-0.05, 0) is 47.7 Å². The number of nitrogens with one attached hydrogen (secondary N) is 1. The first-order chi connectivity index (χ1) is 16.1. The van der Waals surface area contributed by atoms with Gasteiger partial charge < -0.3 is 10.1 Å². The van der Waals surface area contributed by atoms with E-state index in [1.54, 1.807) is 36.4 Å². The van der Waals surface area contributed by atoms with Gasteiger partial charge in [0.05, 0.1) is 23.2 Å².